The number of nitrogens with zero attached hydrogens (tertiary/aromatic N) is 1. The van der Waals surface area contributed by atoms with Crippen molar-refractivity contribution in [2.45, 2.75) is 31.0 Å². The molecule has 3 amide bonds. The van der Waals surface area contributed by atoms with Crippen LogP contribution < -0.4 is 20.1 Å². The molecule has 4 aliphatic heterocycles. The van der Waals surface area contributed by atoms with E-state index in [4.69, 9.17) is 9.47 Å². The van der Waals surface area contributed by atoms with Crippen molar-refractivity contribution in [1.82, 2.24) is 15.5 Å². The number of rotatable bonds is 1. The first-order valence-corrected chi connectivity index (χ1v) is 8.39. The smallest absolute Gasteiger partial charge is 0.255 e. The Balaban J connectivity index is 1.45. The fourth-order valence-electron chi connectivity index (χ4n) is 3.87. The number of imide groups is 1. The number of carbonyl (C=O) groups excluding carboxylic acids is 3. The van der Waals surface area contributed by atoms with Gasteiger partial charge in [0, 0.05) is 30.6 Å². The maximum absolute atomic E-state index is 12.8. The zero-order valence-electron chi connectivity index (χ0n) is 13.5. The van der Waals surface area contributed by atoms with Crippen LogP contribution in [0.15, 0.2) is 12.1 Å². The van der Waals surface area contributed by atoms with E-state index >= 15 is 0 Å². The van der Waals surface area contributed by atoms with E-state index in [2.05, 4.69) is 10.6 Å². The van der Waals surface area contributed by atoms with E-state index in [0.717, 1.165) is 18.7 Å². The van der Waals surface area contributed by atoms with Crippen LogP contribution >= 0.6 is 0 Å². The van der Waals surface area contributed by atoms with Crippen molar-refractivity contribution in [3.8, 4) is 11.5 Å². The molecule has 0 saturated carbocycles. The molecule has 1 aromatic rings. The maximum atomic E-state index is 12.8. The number of hydrogen-bond acceptors (Lipinski definition) is 6. The summed E-state index contributed by atoms with van der Waals surface area (Å²) in [5.74, 6) is 0.325. The predicted octanol–water partition coefficient (Wildman–Crippen LogP) is -0.439. The van der Waals surface area contributed by atoms with Gasteiger partial charge in [-0.2, -0.15) is 0 Å². The summed E-state index contributed by atoms with van der Waals surface area (Å²) in [5, 5.41) is 5.49. The molecule has 1 unspecified atom stereocenters. The van der Waals surface area contributed by atoms with Crippen molar-refractivity contribution < 1.29 is 23.9 Å². The Hall–Kier alpha value is -2.61. The monoisotopic (exact) mass is 343 g/mol. The number of ether oxygens (including phenoxy) is 2. The summed E-state index contributed by atoms with van der Waals surface area (Å²) >= 11 is 0. The number of amides is 3. The van der Waals surface area contributed by atoms with Crippen LogP contribution in [-0.2, 0) is 16.1 Å². The van der Waals surface area contributed by atoms with Crippen molar-refractivity contribution >= 4 is 17.7 Å². The Kier molecular flexibility index (Phi) is 2.91. The van der Waals surface area contributed by atoms with E-state index in [-0.39, 0.29) is 30.4 Å². The van der Waals surface area contributed by atoms with Gasteiger partial charge < -0.3 is 19.7 Å². The number of nitrogens with one attached hydrogen (secondary N) is 2. The van der Waals surface area contributed by atoms with Gasteiger partial charge in [-0.3, -0.25) is 19.7 Å². The fraction of sp³-hybridized carbons (Fsp3) is 0.471. The molecule has 2 saturated heterocycles. The van der Waals surface area contributed by atoms with Gasteiger partial charge in [-0.1, -0.05) is 0 Å². The molecule has 5 rings (SSSR count). The lowest BCUT2D eigenvalue weighted by Gasteiger charge is -2.45. The summed E-state index contributed by atoms with van der Waals surface area (Å²) in [7, 11) is 0. The number of carbonyl (C=O) groups is 3. The van der Waals surface area contributed by atoms with Gasteiger partial charge in [0.1, 0.15) is 12.6 Å². The molecule has 2 fully saturated rings. The van der Waals surface area contributed by atoms with E-state index in [1.807, 2.05) is 0 Å². The Labute approximate surface area is 143 Å². The van der Waals surface area contributed by atoms with Crippen molar-refractivity contribution in [1.29, 1.82) is 0 Å². The van der Waals surface area contributed by atoms with Crippen LogP contribution in [-0.4, -0.2) is 54.0 Å². The van der Waals surface area contributed by atoms with Crippen LogP contribution in [0.25, 0.3) is 0 Å². The number of piperidine rings is 1. The second-order valence-corrected chi connectivity index (χ2v) is 7.00. The second kappa shape index (κ2) is 4.95. The van der Waals surface area contributed by atoms with E-state index in [0.29, 0.717) is 30.1 Å². The molecule has 0 aromatic heterocycles. The van der Waals surface area contributed by atoms with Crippen LogP contribution in [0.3, 0.4) is 0 Å². The second-order valence-electron chi connectivity index (χ2n) is 7.00. The average molecular weight is 343 g/mol. The van der Waals surface area contributed by atoms with Crippen LogP contribution in [0.4, 0.5) is 0 Å². The summed E-state index contributed by atoms with van der Waals surface area (Å²) in [6.07, 6.45) is 0.586. The van der Waals surface area contributed by atoms with Gasteiger partial charge in [0.25, 0.3) is 5.91 Å². The molecule has 1 atom stereocenters. The Bertz CT molecular complexity index is 817. The molecule has 8 nitrogen and oxygen atoms in total. The number of benzene rings is 1. The lowest BCUT2D eigenvalue weighted by molar-refractivity contribution is -0.136. The molecule has 4 aliphatic rings. The standard InChI is InChI=1S/C17H17N3O5/c21-13-4-2-11(15(22)19-13)20-5-10-9(16(20)23)1-3-12-14(10)24-8-17(25-12)6-18-7-17/h1,3,11,18H,2,4-8H2,(H,19,21,22). The quantitative estimate of drug-likeness (QED) is 0.671. The molecule has 130 valence electrons. The van der Waals surface area contributed by atoms with Gasteiger partial charge in [0.15, 0.2) is 17.1 Å². The minimum Gasteiger partial charge on any atom is -0.485 e. The highest BCUT2D eigenvalue weighted by molar-refractivity contribution is 6.05. The summed E-state index contributed by atoms with van der Waals surface area (Å²) in [6.45, 7) is 2.21. The highest BCUT2D eigenvalue weighted by Crippen LogP contribution is 2.44. The van der Waals surface area contributed by atoms with Crippen molar-refractivity contribution in [2.75, 3.05) is 19.7 Å². The van der Waals surface area contributed by atoms with E-state index in [1.165, 1.54) is 4.90 Å². The molecular formula is C17H17N3O5. The molecule has 0 bridgehead atoms. The largest absolute Gasteiger partial charge is 0.485 e. The number of hydrogen-bond donors (Lipinski definition) is 2. The molecule has 1 aromatic carbocycles. The summed E-state index contributed by atoms with van der Waals surface area (Å²) in [4.78, 5) is 37.7. The number of fused-ring (bicyclic) bond motifs is 3. The Morgan fingerprint density at radius 1 is 1.20 bits per heavy atom. The molecule has 4 heterocycles. The van der Waals surface area contributed by atoms with Gasteiger partial charge in [0.05, 0.1) is 6.54 Å². The molecular weight excluding hydrogens is 326 g/mol. The Morgan fingerprint density at radius 2 is 2.04 bits per heavy atom. The summed E-state index contributed by atoms with van der Waals surface area (Å²) in [6, 6.07) is 2.87. The first kappa shape index (κ1) is 14.7. The van der Waals surface area contributed by atoms with E-state index in [1.54, 1.807) is 12.1 Å². The third-order valence-corrected chi connectivity index (χ3v) is 5.33. The molecule has 2 N–H and O–H groups in total. The van der Waals surface area contributed by atoms with E-state index < -0.39 is 11.9 Å². The van der Waals surface area contributed by atoms with Gasteiger partial charge >= 0.3 is 0 Å². The van der Waals surface area contributed by atoms with Gasteiger partial charge in [-0.25, -0.2) is 0 Å². The lowest BCUT2D eigenvalue weighted by Crippen LogP contribution is -2.67. The minimum atomic E-state index is -0.625. The zero-order valence-corrected chi connectivity index (χ0v) is 13.5. The summed E-state index contributed by atoms with van der Waals surface area (Å²) < 4.78 is 12.0. The molecule has 25 heavy (non-hydrogen) atoms. The summed E-state index contributed by atoms with van der Waals surface area (Å²) in [5.41, 5.74) is 0.983. The third kappa shape index (κ3) is 2.07. The highest BCUT2D eigenvalue weighted by Gasteiger charge is 2.46. The van der Waals surface area contributed by atoms with Crippen molar-refractivity contribution in [3.63, 3.8) is 0 Å². The SMILES string of the molecule is O=C1CCC(N2Cc3c(ccc4c3OCC3(CNC3)O4)C2=O)C(=O)N1. The first-order valence-electron chi connectivity index (χ1n) is 8.39. The topological polar surface area (TPSA) is 97.0 Å². The molecule has 0 aliphatic carbocycles. The predicted molar refractivity (Wildman–Crippen MR) is 84.2 cm³/mol. The van der Waals surface area contributed by atoms with Crippen molar-refractivity contribution in [3.05, 3.63) is 23.3 Å². The van der Waals surface area contributed by atoms with E-state index in [9.17, 15) is 14.4 Å². The lowest BCUT2D eigenvalue weighted by atomic mass is 9.96. The molecule has 8 heteroatoms. The van der Waals surface area contributed by atoms with Gasteiger partial charge in [-0.05, 0) is 18.6 Å². The Morgan fingerprint density at radius 3 is 2.76 bits per heavy atom. The zero-order chi connectivity index (χ0) is 17.2. The normalized spacial score (nSPS) is 26.3. The average Bonchev–Trinajstić information content (AvgIpc) is 2.90. The third-order valence-electron chi connectivity index (χ3n) is 5.33. The van der Waals surface area contributed by atoms with Crippen molar-refractivity contribution in [2.24, 2.45) is 0 Å². The maximum Gasteiger partial charge on any atom is 0.255 e. The first-order chi connectivity index (χ1) is 12.1. The van der Waals surface area contributed by atoms with Gasteiger partial charge in [-0.15, -0.1) is 0 Å². The molecule has 0 radical (unpaired) electrons. The molecule has 1 spiro atoms. The minimum absolute atomic E-state index is 0.207. The highest BCUT2D eigenvalue weighted by atomic mass is 16.6. The van der Waals surface area contributed by atoms with Crippen LogP contribution in [0.1, 0.15) is 28.8 Å². The van der Waals surface area contributed by atoms with Crippen LogP contribution in [0.2, 0.25) is 0 Å². The van der Waals surface area contributed by atoms with Crippen LogP contribution in [0, 0.1) is 0 Å². The van der Waals surface area contributed by atoms with Crippen LogP contribution in [0.5, 0.6) is 11.5 Å². The fourth-order valence-corrected chi connectivity index (χ4v) is 3.87. The van der Waals surface area contributed by atoms with Gasteiger partial charge in [0.2, 0.25) is 11.8 Å².